The first kappa shape index (κ1) is 67.2. The number of halogens is 2. The predicted octanol–water partition coefficient (Wildman–Crippen LogP) is 9.07. The van der Waals surface area contributed by atoms with Gasteiger partial charge in [0.1, 0.15) is 42.1 Å². The molecule has 6 aromatic rings. The van der Waals surface area contributed by atoms with Crippen molar-refractivity contribution >= 4 is 41.2 Å². The highest BCUT2D eigenvalue weighted by Gasteiger charge is 2.43. The van der Waals surface area contributed by atoms with Crippen molar-refractivity contribution in [2.75, 3.05) is 76.6 Å². The number of hydrogen-bond donors (Lipinski definition) is 5. The van der Waals surface area contributed by atoms with Gasteiger partial charge in [0.05, 0.1) is 69.3 Å². The van der Waals surface area contributed by atoms with Gasteiger partial charge in [0, 0.05) is 44.4 Å². The highest BCUT2D eigenvalue weighted by atomic mass is 19.3. The maximum Gasteiger partial charge on any atom is 0.416 e. The first-order chi connectivity index (χ1) is 43.6. The minimum absolute atomic E-state index is 0.0641. The van der Waals surface area contributed by atoms with Crippen LogP contribution in [-0.4, -0.2) is 144 Å². The molecule has 3 aromatic carbocycles. The third-order valence-electron chi connectivity index (χ3n) is 16.0. The van der Waals surface area contributed by atoms with Gasteiger partial charge in [-0.1, -0.05) is 63.2 Å². The van der Waals surface area contributed by atoms with Crippen LogP contribution in [0.4, 0.5) is 25.1 Å². The molecule has 91 heavy (non-hydrogen) atoms. The van der Waals surface area contributed by atoms with Gasteiger partial charge >= 0.3 is 6.09 Å². The first-order valence-electron chi connectivity index (χ1n) is 31.2. The summed E-state index contributed by atoms with van der Waals surface area (Å²) in [4.78, 5) is 80.6. The number of oxazole rings is 1. The molecular weight excluding hydrogens is 1170 g/mol. The lowest BCUT2D eigenvalue weighted by molar-refractivity contribution is -0.147. The highest BCUT2D eigenvalue weighted by molar-refractivity contribution is 6.03. The largest absolute Gasteiger partial charge is 0.491 e. The van der Waals surface area contributed by atoms with Crippen molar-refractivity contribution < 1.29 is 60.9 Å². The van der Waals surface area contributed by atoms with Gasteiger partial charge in [0.25, 0.3) is 12.3 Å². The molecule has 4 atom stereocenters. The molecular formula is C67H85F2N11O11. The number of likely N-dealkylation sites (N-methyl/N-ethyl adjacent to an activating group) is 1. The lowest BCUT2D eigenvalue weighted by atomic mass is 9.83. The van der Waals surface area contributed by atoms with Crippen molar-refractivity contribution in [3.05, 3.63) is 137 Å². The number of alkyl halides is 2. The molecule has 5 N–H and O–H groups in total. The van der Waals surface area contributed by atoms with Crippen molar-refractivity contribution in [3.63, 3.8) is 0 Å². The minimum Gasteiger partial charge on any atom is -0.491 e. The monoisotopic (exact) mass is 1260 g/mol. The second-order valence-corrected chi connectivity index (χ2v) is 25.2. The van der Waals surface area contributed by atoms with Gasteiger partial charge in [0.2, 0.25) is 23.6 Å². The van der Waals surface area contributed by atoms with Crippen LogP contribution < -0.4 is 36.2 Å². The third-order valence-corrected chi connectivity index (χ3v) is 16.0. The number of fused-ring (bicyclic) bond motifs is 2. The Morgan fingerprint density at radius 1 is 0.835 bits per heavy atom. The molecule has 3 aliphatic rings. The van der Waals surface area contributed by atoms with Crippen LogP contribution in [0.5, 0.6) is 5.75 Å². The van der Waals surface area contributed by atoms with E-state index in [1.807, 2.05) is 63.2 Å². The molecule has 1 fully saturated rings. The number of amides is 5. The van der Waals surface area contributed by atoms with Gasteiger partial charge in [-0.25, -0.2) is 28.2 Å². The number of aryl methyl sites for hydroxylation is 1. The van der Waals surface area contributed by atoms with Crippen LogP contribution in [0.1, 0.15) is 131 Å². The van der Waals surface area contributed by atoms with Crippen molar-refractivity contribution in [2.24, 2.45) is 11.3 Å². The van der Waals surface area contributed by atoms with Crippen LogP contribution in [0, 0.1) is 11.3 Å². The van der Waals surface area contributed by atoms with E-state index in [0.29, 0.717) is 94.4 Å². The molecule has 0 spiro atoms. The number of nitrogens with one attached hydrogen (secondary N) is 5. The number of carbonyl (C=O) groups excluding carboxylic acids is 5. The number of nitrogens with zero attached hydrogens (tertiary/aromatic N) is 6. The number of benzene rings is 3. The maximum absolute atomic E-state index is 14.7. The Hall–Kier alpha value is -8.16. The van der Waals surface area contributed by atoms with Crippen molar-refractivity contribution in [3.8, 4) is 22.9 Å². The average Bonchev–Trinajstić information content (AvgIpc) is 1.46. The van der Waals surface area contributed by atoms with Gasteiger partial charge in [0.15, 0.2) is 11.4 Å². The number of rotatable bonds is 29. The summed E-state index contributed by atoms with van der Waals surface area (Å²) in [6, 6.07) is 21.9. The summed E-state index contributed by atoms with van der Waals surface area (Å²) in [5.41, 5.74) is 3.66. The zero-order valence-electron chi connectivity index (χ0n) is 53.2. The van der Waals surface area contributed by atoms with Crippen LogP contribution in [-0.2, 0) is 59.3 Å². The molecule has 1 saturated carbocycles. The summed E-state index contributed by atoms with van der Waals surface area (Å²) in [6.45, 7) is 17.0. The minimum atomic E-state index is -2.99. The second kappa shape index (κ2) is 30.8. The van der Waals surface area contributed by atoms with Crippen molar-refractivity contribution in [1.82, 2.24) is 45.9 Å². The summed E-state index contributed by atoms with van der Waals surface area (Å²) in [6.07, 6.45) is 5.41. The van der Waals surface area contributed by atoms with E-state index in [0.717, 1.165) is 60.6 Å². The SMILES string of the molecule is CNC(C)C(=O)NC(C(=O)N1Cc2cc(OCCOCCOCCOCCNCc3ccc(-n4cc(NC(=O)c5coc(-c6ccnc(N(CC7CC7)C(=O)OC(C)(C)C)c6)n5)c(C(F)F)n4)cc3)ccc2C[C@H]1C(=O)N[C@@H]1CCCc2ccccc21)C(C)(C)C. The predicted molar refractivity (Wildman–Crippen MR) is 337 cm³/mol. The summed E-state index contributed by atoms with van der Waals surface area (Å²) < 4.78 is 64.4. The first-order valence-corrected chi connectivity index (χ1v) is 31.2. The van der Waals surface area contributed by atoms with Crippen LogP contribution in [0.2, 0.25) is 0 Å². The Kier molecular flexibility index (Phi) is 22.7. The number of aromatic nitrogens is 4. The number of pyridine rings is 1. The molecule has 0 saturated heterocycles. The normalized spacial score (nSPS) is 16.3. The van der Waals surface area contributed by atoms with Gasteiger partial charge in [-0.15, -0.1) is 0 Å². The molecule has 4 heterocycles. The fourth-order valence-electron chi connectivity index (χ4n) is 10.7. The molecule has 24 heteroatoms. The van der Waals surface area contributed by atoms with Crippen LogP contribution >= 0.6 is 0 Å². The van der Waals surface area contributed by atoms with Gasteiger partial charge in [-0.2, -0.15) is 5.10 Å². The fraction of sp³-hybridized carbons (Fsp3) is 0.493. The van der Waals surface area contributed by atoms with Crippen molar-refractivity contribution in [2.45, 2.75) is 136 Å². The van der Waals surface area contributed by atoms with Gasteiger partial charge < -0.3 is 59.6 Å². The van der Waals surface area contributed by atoms with E-state index in [2.05, 4.69) is 53.8 Å². The number of carbonyl (C=O) groups is 5. The van der Waals surface area contributed by atoms with Crippen LogP contribution in [0.3, 0.4) is 0 Å². The Bertz CT molecular complexity index is 3450. The van der Waals surface area contributed by atoms with E-state index in [9.17, 15) is 32.8 Å². The van der Waals surface area contributed by atoms with E-state index in [4.69, 9.17) is 28.1 Å². The van der Waals surface area contributed by atoms with E-state index in [-0.39, 0.29) is 54.2 Å². The Morgan fingerprint density at radius 3 is 2.26 bits per heavy atom. The zero-order valence-corrected chi connectivity index (χ0v) is 53.2. The topological polar surface area (TPSA) is 255 Å². The zero-order chi connectivity index (χ0) is 64.8. The number of ether oxygens (including phenoxy) is 5. The summed E-state index contributed by atoms with van der Waals surface area (Å²) >= 11 is 0. The number of hydrogen-bond acceptors (Lipinski definition) is 16. The van der Waals surface area contributed by atoms with Crippen molar-refractivity contribution in [1.29, 1.82) is 0 Å². The molecule has 22 nitrogen and oxygen atoms in total. The highest BCUT2D eigenvalue weighted by Crippen LogP contribution is 2.36. The van der Waals surface area contributed by atoms with Crippen LogP contribution in [0.15, 0.2) is 102 Å². The van der Waals surface area contributed by atoms with Gasteiger partial charge in [-0.3, -0.25) is 24.1 Å². The van der Waals surface area contributed by atoms with E-state index < -0.39 is 53.3 Å². The number of anilines is 2. The maximum atomic E-state index is 14.7. The fourth-order valence-corrected chi connectivity index (χ4v) is 10.7. The molecule has 1 aliphatic heterocycles. The quantitative estimate of drug-likeness (QED) is 0.0275. The van der Waals surface area contributed by atoms with Gasteiger partial charge in [-0.05, 0) is 142 Å². The standard InChI is InChI=1S/C67H85F2N11O11/c1-42(70-8)60(81)76-58(66(2,3)4)64(84)78-39-48-34-50(23-20-46(48)35-55(78)62(83)73-52-15-11-13-45-12-9-10-14-51(45)52)89-33-32-88-31-30-87-29-28-86-27-26-71-37-43-18-21-49(22-19-43)80-40-53(57(77-80)59(68)69)74-61(82)54-41-90-63(75-54)47-24-25-72-56(36-47)79(38-44-16-17-44)65(85)91-67(5,6)7/h9-10,12,14,18-25,34,36,40-42,44,52,55,58-59,70-71H,11,13,15-17,26-33,35,37-39H2,1-8H3,(H,73,83)(H,74,82)(H,76,81)/t42?,52-,55+,58?/m1/s1. The van der Waals surface area contributed by atoms with E-state index in [1.54, 1.807) is 63.9 Å². The Labute approximate surface area is 529 Å². The molecule has 5 amide bonds. The third kappa shape index (κ3) is 18.5. The summed E-state index contributed by atoms with van der Waals surface area (Å²) in [5, 5.41) is 19.1. The molecule has 0 bridgehead atoms. The van der Waals surface area contributed by atoms with E-state index >= 15 is 0 Å². The lowest BCUT2D eigenvalue weighted by Crippen LogP contribution is -2.62. The Morgan fingerprint density at radius 2 is 1.56 bits per heavy atom. The summed E-state index contributed by atoms with van der Waals surface area (Å²) in [7, 11) is 1.69. The molecule has 0 radical (unpaired) electrons. The Balaban J connectivity index is 0.668. The molecule has 2 aliphatic carbocycles. The second-order valence-electron chi connectivity index (χ2n) is 25.2. The molecule has 2 unspecified atom stereocenters. The smallest absolute Gasteiger partial charge is 0.416 e. The van der Waals surface area contributed by atoms with E-state index in [1.165, 1.54) is 27.5 Å². The molecule has 3 aromatic heterocycles. The average molecular weight is 1260 g/mol. The summed E-state index contributed by atoms with van der Waals surface area (Å²) in [5.74, 6) is -0.309. The lowest BCUT2D eigenvalue weighted by Gasteiger charge is -2.41. The van der Waals surface area contributed by atoms with Crippen LogP contribution in [0.25, 0.3) is 17.1 Å². The molecule has 488 valence electrons. The molecule has 9 rings (SSSR count).